The molecular formula is C12H17N5O. The molecule has 2 heterocycles. The van der Waals surface area contributed by atoms with Gasteiger partial charge < -0.3 is 10.3 Å². The first-order chi connectivity index (χ1) is 8.56. The van der Waals surface area contributed by atoms with Crippen LogP contribution in [0.2, 0.25) is 0 Å². The molecule has 96 valence electrons. The van der Waals surface area contributed by atoms with Crippen LogP contribution >= 0.6 is 0 Å². The van der Waals surface area contributed by atoms with Gasteiger partial charge >= 0.3 is 0 Å². The first kappa shape index (κ1) is 12.5. The van der Waals surface area contributed by atoms with Crippen LogP contribution in [0.15, 0.2) is 23.4 Å². The highest BCUT2D eigenvalue weighted by molar-refractivity contribution is 5.51. The number of hydrogen-bond donors (Lipinski definition) is 2. The van der Waals surface area contributed by atoms with Crippen LogP contribution in [0.25, 0.3) is 11.4 Å². The summed E-state index contributed by atoms with van der Waals surface area (Å²) in [5, 5.41) is 7.24. The fraction of sp³-hybridized carbons (Fsp3) is 0.417. The van der Waals surface area contributed by atoms with Gasteiger partial charge in [-0.1, -0.05) is 13.8 Å². The van der Waals surface area contributed by atoms with E-state index in [1.54, 1.807) is 17.1 Å². The zero-order chi connectivity index (χ0) is 13.1. The molecule has 6 nitrogen and oxygen atoms in total. The number of H-pyrrole nitrogens is 1. The van der Waals surface area contributed by atoms with Crippen molar-refractivity contribution < 1.29 is 0 Å². The number of aryl methyl sites for hydroxylation is 1. The lowest BCUT2D eigenvalue weighted by Gasteiger charge is -2.07. The average molecular weight is 247 g/mol. The Bertz CT molecular complexity index is 584. The molecule has 6 heteroatoms. The molecule has 2 aromatic heterocycles. The van der Waals surface area contributed by atoms with Crippen molar-refractivity contribution in [1.29, 1.82) is 0 Å². The summed E-state index contributed by atoms with van der Waals surface area (Å²) in [6.45, 7) is 4.59. The summed E-state index contributed by atoms with van der Waals surface area (Å²) in [5.74, 6) is 0.543. The van der Waals surface area contributed by atoms with E-state index in [9.17, 15) is 4.79 Å². The normalized spacial score (nSPS) is 11.1. The number of rotatable bonds is 4. The van der Waals surface area contributed by atoms with Gasteiger partial charge in [-0.3, -0.25) is 9.48 Å². The first-order valence-corrected chi connectivity index (χ1v) is 5.87. The molecular weight excluding hydrogens is 230 g/mol. The van der Waals surface area contributed by atoms with Crippen LogP contribution in [-0.4, -0.2) is 25.8 Å². The minimum absolute atomic E-state index is 0.114. The molecule has 0 atom stereocenters. The maximum absolute atomic E-state index is 11.9. The van der Waals surface area contributed by atoms with E-state index in [1.165, 1.54) is 0 Å². The number of aromatic amines is 1. The standard InChI is InChI=1S/C12H17N5O/c1-8(2)13-4-9-5-14-11(16-12(9)18)10-6-15-17(3)7-10/h5-8,13H,4H2,1-3H3,(H,14,16,18). The van der Waals surface area contributed by atoms with Gasteiger partial charge in [-0.05, 0) is 0 Å². The molecule has 18 heavy (non-hydrogen) atoms. The Morgan fingerprint density at radius 2 is 2.22 bits per heavy atom. The Balaban J connectivity index is 2.22. The maximum Gasteiger partial charge on any atom is 0.255 e. The fourth-order valence-corrected chi connectivity index (χ4v) is 1.55. The largest absolute Gasteiger partial charge is 0.310 e. The summed E-state index contributed by atoms with van der Waals surface area (Å²) in [6.07, 6.45) is 5.09. The molecule has 0 radical (unpaired) electrons. The van der Waals surface area contributed by atoms with Gasteiger partial charge in [0.1, 0.15) is 5.82 Å². The lowest BCUT2D eigenvalue weighted by atomic mass is 10.3. The molecule has 0 aliphatic carbocycles. The second-order valence-corrected chi connectivity index (χ2v) is 4.52. The van der Waals surface area contributed by atoms with Crippen molar-refractivity contribution in [2.24, 2.45) is 7.05 Å². The van der Waals surface area contributed by atoms with Gasteiger partial charge in [-0.15, -0.1) is 0 Å². The summed E-state index contributed by atoms with van der Waals surface area (Å²) in [7, 11) is 1.82. The van der Waals surface area contributed by atoms with Gasteiger partial charge in [0.25, 0.3) is 5.56 Å². The van der Waals surface area contributed by atoms with Gasteiger partial charge in [0.05, 0.1) is 11.8 Å². The lowest BCUT2D eigenvalue weighted by molar-refractivity contribution is 0.585. The zero-order valence-corrected chi connectivity index (χ0v) is 10.8. The molecule has 0 fully saturated rings. The van der Waals surface area contributed by atoms with Crippen LogP contribution in [0.3, 0.4) is 0 Å². The van der Waals surface area contributed by atoms with Gasteiger partial charge in [-0.2, -0.15) is 5.10 Å². The predicted molar refractivity (Wildman–Crippen MR) is 69.0 cm³/mol. The Morgan fingerprint density at radius 1 is 1.44 bits per heavy atom. The molecule has 0 aliphatic rings. The Hall–Kier alpha value is -1.95. The summed E-state index contributed by atoms with van der Waals surface area (Å²) in [6, 6.07) is 0.336. The van der Waals surface area contributed by atoms with Crippen LogP contribution in [0.4, 0.5) is 0 Å². The van der Waals surface area contributed by atoms with Crippen molar-refractivity contribution in [1.82, 2.24) is 25.1 Å². The first-order valence-electron chi connectivity index (χ1n) is 5.87. The van der Waals surface area contributed by atoms with E-state index < -0.39 is 0 Å². The van der Waals surface area contributed by atoms with Gasteiger partial charge in [-0.25, -0.2) is 4.98 Å². The maximum atomic E-state index is 11.9. The number of nitrogens with zero attached hydrogens (tertiary/aromatic N) is 3. The van der Waals surface area contributed by atoms with E-state index in [1.807, 2.05) is 27.1 Å². The summed E-state index contributed by atoms with van der Waals surface area (Å²) in [4.78, 5) is 18.9. The van der Waals surface area contributed by atoms with E-state index in [-0.39, 0.29) is 5.56 Å². The van der Waals surface area contributed by atoms with Crippen molar-refractivity contribution in [2.45, 2.75) is 26.4 Å². The number of hydrogen-bond acceptors (Lipinski definition) is 4. The molecule has 0 bridgehead atoms. The quantitative estimate of drug-likeness (QED) is 0.832. The van der Waals surface area contributed by atoms with Crippen LogP contribution < -0.4 is 10.9 Å². The zero-order valence-electron chi connectivity index (χ0n) is 10.8. The topological polar surface area (TPSA) is 75.6 Å². The third-order valence-corrected chi connectivity index (χ3v) is 2.55. The third kappa shape index (κ3) is 2.84. The van der Waals surface area contributed by atoms with E-state index in [2.05, 4.69) is 20.4 Å². The molecule has 0 unspecified atom stereocenters. The third-order valence-electron chi connectivity index (χ3n) is 2.55. The second-order valence-electron chi connectivity index (χ2n) is 4.52. The number of nitrogens with one attached hydrogen (secondary N) is 2. The Morgan fingerprint density at radius 3 is 2.78 bits per heavy atom. The van der Waals surface area contributed by atoms with E-state index in [4.69, 9.17) is 0 Å². The molecule has 0 saturated carbocycles. The van der Waals surface area contributed by atoms with Gasteiger partial charge in [0, 0.05) is 37.6 Å². The average Bonchev–Trinajstić information content (AvgIpc) is 2.74. The van der Waals surface area contributed by atoms with Crippen molar-refractivity contribution in [3.63, 3.8) is 0 Å². The highest BCUT2D eigenvalue weighted by atomic mass is 16.1. The molecule has 2 aromatic rings. The predicted octanol–water partition coefficient (Wildman–Crippen LogP) is 0.668. The highest BCUT2D eigenvalue weighted by Gasteiger charge is 2.06. The van der Waals surface area contributed by atoms with E-state index >= 15 is 0 Å². The molecule has 2 N–H and O–H groups in total. The van der Waals surface area contributed by atoms with Gasteiger partial charge in [0.2, 0.25) is 0 Å². The molecule has 2 rings (SSSR count). The van der Waals surface area contributed by atoms with Crippen LogP contribution in [0, 0.1) is 0 Å². The molecule has 0 spiro atoms. The van der Waals surface area contributed by atoms with Crippen molar-refractivity contribution in [2.75, 3.05) is 0 Å². The molecule has 0 aliphatic heterocycles. The highest BCUT2D eigenvalue weighted by Crippen LogP contribution is 2.10. The van der Waals surface area contributed by atoms with Crippen LogP contribution in [0.5, 0.6) is 0 Å². The SMILES string of the molecule is CC(C)NCc1cnc(-c2cnn(C)c2)[nH]c1=O. The van der Waals surface area contributed by atoms with E-state index in [0.29, 0.717) is 24.0 Å². The van der Waals surface area contributed by atoms with Crippen LogP contribution in [0.1, 0.15) is 19.4 Å². The minimum Gasteiger partial charge on any atom is -0.310 e. The van der Waals surface area contributed by atoms with Crippen LogP contribution in [-0.2, 0) is 13.6 Å². The fourth-order valence-electron chi connectivity index (χ4n) is 1.55. The molecule has 0 aromatic carbocycles. The minimum atomic E-state index is -0.114. The van der Waals surface area contributed by atoms with Crippen molar-refractivity contribution in [3.05, 3.63) is 34.5 Å². The van der Waals surface area contributed by atoms with Crippen molar-refractivity contribution in [3.8, 4) is 11.4 Å². The number of aromatic nitrogens is 4. The van der Waals surface area contributed by atoms with Crippen molar-refractivity contribution >= 4 is 0 Å². The molecule has 0 saturated heterocycles. The second kappa shape index (κ2) is 5.14. The van der Waals surface area contributed by atoms with Gasteiger partial charge in [0.15, 0.2) is 0 Å². The summed E-state index contributed by atoms with van der Waals surface area (Å²) < 4.78 is 1.67. The molecule has 0 amide bonds. The Labute approximate surface area is 105 Å². The summed E-state index contributed by atoms with van der Waals surface area (Å²) >= 11 is 0. The summed E-state index contributed by atoms with van der Waals surface area (Å²) in [5.41, 5.74) is 1.33. The lowest BCUT2D eigenvalue weighted by Crippen LogP contribution is -2.26. The van der Waals surface area contributed by atoms with E-state index in [0.717, 1.165) is 5.56 Å². The smallest absolute Gasteiger partial charge is 0.255 e. The monoisotopic (exact) mass is 247 g/mol. The Kier molecular flexibility index (Phi) is 3.57.